The first-order valence-electron chi connectivity index (χ1n) is 7.23. The number of nitrogens with two attached hydrogens (primary N) is 1. The van der Waals surface area contributed by atoms with Gasteiger partial charge in [-0.2, -0.15) is 4.31 Å². The van der Waals surface area contributed by atoms with Crippen molar-refractivity contribution in [3.8, 4) is 0 Å². The maximum absolute atomic E-state index is 12.8. The van der Waals surface area contributed by atoms with Crippen LogP contribution in [0, 0.1) is 13.8 Å². The van der Waals surface area contributed by atoms with Crippen LogP contribution in [0.4, 0.5) is 5.69 Å². The molecule has 1 aliphatic heterocycles. The summed E-state index contributed by atoms with van der Waals surface area (Å²) in [6.45, 7) is 6.27. The van der Waals surface area contributed by atoms with Gasteiger partial charge in [0.25, 0.3) is 0 Å². The maximum atomic E-state index is 12.8. The lowest BCUT2D eigenvalue weighted by Gasteiger charge is -2.22. The van der Waals surface area contributed by atoms with E-state index >= 15 is 0 Å². The SMILES string of the molecule is Cc1cc(S(=O)(=O)N2CCCC(C)(O)CC2)cc(N)c1C. The molecule has 0 saturated carbocycles. The molecule has 0 amide bonds. The number of aryl methyl sites for hydroxylation is 1. The van der Waals surface area contributed by atoms with Crippen molar-refractivity contribution in [3.05, 3.63) is 23.3 Å². The third-order valence-corrected chi connectivity index (χ3v) is 6.22. The molecule has 1 atom stereocenters. The van der Waals surface area contributed by atoms with E-state index in [1.807, 2.05) is 13.8 Å². The molecule has 1 saturated heterocycles. The van der Waals surface area contributed by atoms with Gasteiger partial charge in [-0.25, -0.2) is 8.42 Å². The van der Waals surface area contributed by atoms with Crippen LogP contribution in [0.15, 0.2) is 17.0 Å². The van der Waals surface area contributed by atoms with Gasteiger partial charge in [0.15, 0.2) is 0 Å². The van der Waals surface area contributed by atoms with Gasteiger partial charge < -0.3 is 10.8 Å². The fraction of sp³-hybridized carbons (Fsp3) is 0.600. The van der Waals surface area contributed by atoms with Gasteiger partial charge in [0.05, 0.1) is 10.5 Å². The van der Waals surface area contributed by atoms with E-state index in [4.69, 9.17) is 5.73 Å². The van der Waals surface area contributed by atoms with Crippen LogP contribution in [-0.2, 0) is 10.0 Å². The summed E-state index contributed by atoms with van der Waals surface area (Å²) in [5.41, 5.74) is 7.39. The van der Waals surface area contributed by atoms with Crippen LogP contribution in [0.2, 0.25) is 0 Å². The monoisotopic (exact) mass is 312 g/mol. The molecule has 0 radical (unpaired) electrons. The number of sulfonamides is 1. The minimum absolute atomic E-state index is 0.240. The van der Waals surface area contributed by atoms with Crippen LogP contribution < -0.4 is 5.73 Å². The standard InChI is InChI=1S/C15H24N2O3S/c1-11-9-13(10-14(16)12(11)2)21(19,20)17-7-4-5-15(3,18)6-8-17/h9-10,18H,4-8,16H2,1-3H3. The lowest BCUT2D eigenvalue weighted by molar-refractivity contribution is 0.0465. The van der Waals surface area contributed by atoms with E-state index in [1.165, 1.54) is 10.4 Å². The molecule has 6 heteroatoms. The Kier molecular flexibility index (Phi) is 4.33. The number of rotatable bonds is 2. The van der Waals surface area contributed by atoms with E-state index in [1.54, 1.807) is 13.0 Å². The quantitative estimate of drug-likeness (QED) is 0.816. The molecule has 118 valence electrons. The van der Waals surface area contributed by atoms with Crippen molar-refractivity contribution in [3.63, 3.8) is 0 Å². The minimum atomic E-state index is -3.56. The van der Waals surface area contributed by atoms with Crippen molar-refractivity contribution in [1.82, 2.24) is 4.31 Å². The van der Waals surface area contributed by atoms with E-state index in [-0.39, 0.29) is 4.90 Å². The fourth-order valence-corrected chi connectivity index (χ4v) is 4.23. The summed E-state index contributed by atoms with van der Waals surface area (Å²) < 4.78 is 27.0. The van der Waals surface area contributed by atoms with Crippen molar-refractivity contribution < 1.29 is 13.5 Å². The van der Waals surface area contributed by atoms with Gasteiger partial charge in [-0.15, -0.1) is 0 Å². The summed E-state index contributed by atoms with van der Waals surface area (Å²) in [6.07, 6.45) is 1.73. The van der Waals surface area contributed by atoms with Gasteiger partial charge in [0, 0.05) is 18.8 Å². The van der Waals surface area contributed by atoms with Gasteiger partial charge in [-0.1, -0.05) is 0 Å². The molecule has 0 aliphatic carbocycles. The fourth-order valence-electron chi connectivity index (χ4n) is 2.63. The van der Waals surface area contributed by atoms with Gasteiger partial charge in [-0.05, 0) is 63.3 Å². The molecule has 1 aromatic carbocycles. The second-order valence-corrected chi connectivity index (χ2v) is 8.15. The van der Waals surface area contributed by atoms with Gasteiger partial charge in [0.1, 0.15) is 0 Å². The molecular formula is C15H24N2O3S. The molecule has 1 aromatic rings. The van der Waals surface area contributed by atoms with Crippen molar-refractivity contribution in [2.24, 2.45) is 0 Å². The van der Waals surface area contributed by atoms with E-state index in [2.05, 4.69) is 0 Å². The number of nitrogens with zero attached hydrogens (tertiary/aromatic N) is 1. The Labute approximate surface area is 126 Å². The van der Waals surface area contributed by atoms with Crippen molar-refractivity contribution in [2.45, 2.75) is 50.5 Å². The second-order valence-electron chi connectivity index (χ2n) is 6.21. The number of aliphatic hydroxyl groups is 1. The largest absolute Gasteiger partial charge is 0.398 e. The van der Waals surface area contributed by atoms with Crippen LogP contribution in [0.3, 0.4) is 0 Å². The zero-order chi connectivity index (χ0) is 15.8. The van der Waals surface area contributed by atoms with Crippen molar-refractivity contribution >= 4 is 15.7 Å². The highest BCUT2D eigenvalue weighted by Crippen LogP contribution is 2.28. The van der Waals surface area contributed by atoms with E-state index in [0.717, 1.165) is 11.1 Å². The third-order valence-electron chi connectivity index (χ3n) is 4.34. The number of anilines is 1. The molecule has 0 bridgehead atoms. The van der Waals surface area contributed by atoms with Crippen molar-refractivity contribution in [2.75, 3.05) is 18.8 Å². The first-order chi connectivity index (χ1) is 9.63. The predicted octanol–water partition coefficient (Wildman–Crippen LogP) is 1.81. The Morgan fingerprint density at radius 3 is 2.52 bits per heavy atom. The normalized spacial score (nSPS) is 24.8. The summed E-state index contributed by atoms with van der Waals surface area (Å²) in [6, 6.07) is 3.20. The smallest absolute Gasteiger partial charge is 0.243 e. The van der Waals surface area contributed by atoms with E-state index in [0.29, 0.717) is 38.0 Å². The van der Waals surface area contributed by atoms with Gasteiger partial charge in [-0.3, -0.25) is 0 Å². The zero-order valence-electron chi connectivity index (χ0n) is 12.9. The molecule has 1 unspecified atom stereocenters. The Morgan fingerprint density at radius 1 is 1.24 bits per heavy atom. The minimum Gasteiger partial charge on any atom is -0.398 e. The van der Waals surface area contributed by atoms with Crippen molar-refractivity contribution in [1.29, 1.82) is 0 Å². The number of hydrogen-bond donors (Lipinski definition) is 2. The highest BCUT2D eigenvalue weighted by Gasteiger charge is 2.31. The lowest BCUT2D eigenvalue weighted by Crippen LogP contribution is -2.33. The van der Waals surface area contributed by atoms with Crippen LogP contribution in [0.1, 0.15) is 37.3 Å². The summed E-state index contributed by atoms with van der Waals surface area (Å²) >= 11 is 0. The summed E-state index contributed by atoms with van der Waals surface area (Å²) in [5, 5.41) is 10.1. The topological polar surface area (TPSA) is 83.6 Å². The van der Waals surface area contributed by atoms with Gasteiger partial charge in [0.2, 0.25) is 10.0 Å². The first kappa shape index (κ1) is 16.3. The molecule has 1 aliphatic rings. The summed E-state index contributed by atoms with van der Waals surface area (Å²) in [5.74, 6) is 0. The molecule has 0 aromatic heterocycles. The maximum Gasteiger partial charge on any atom is 0.243 e. The van der Waals surface area contributed by atoms with Gasteiger partial charge >= 0.3 is 0 Å². The Bertz CT molecular complexity index is 615. The predicted molar refractivity (Wildman–Crippen MR) is 83.6 cm³/mol. The molecule has 1 fully saturated rings. The molecule has 0 spiro atoms. The van der Waals surface area contributed by atoms with E-state index in [9.17, 15) is 13.5 Å². The van der Waals surface area contributed by atoms with Crippen LogP contribution in [0.5, 0.6) is 0 Å². The zero-order valence-corrected chi connectivity index (χ0v) is 13.7. The molecule has 2 rings (SSSR count). The van der Waals surface area contributed by atoms with Crippen LogP contribution in [0.25, 0.3) is 0 Å². The van der Waals surface area contributed by atoms with Crippen LogP contribution >= 0.6 is 0 Å². The Morgan fingerprint density at radius 2 is 1.90 bits per heavy atom. The van der Waals surface area contributed by atoms with E-state index < -0.39 is 15.6 Å². The molecule has 21 heavy (non-hydrogen) atoms. The average molecular weight is 312 g/mol. The lowest BCUT2D eigenvalue weighted by atomic mass is 9.98. The summed E-state index contributed by atoms with van der Waals surface area (Å²) in [7, 11) is -3.56. The molecule has 5 nitrogen and oxygen atoms in total. The Balaban J connectivity index is 2.34. The average Bonchev–Trinajstić information content (AvgIpc) is 2.56. The second kappa shape index (κ2) is 5.59. The highest BCUT2D eigenvalue weighted by atomic mass is 32.2. The number of nitrogen functional groups attached to an aromatic ring is 1. The molecule has 1 heterocycles. The summed E-state index contributed by atoms with van der Waals surface area (Å²) in [4.78, 5) is 0.240. The number of benzene rings is 1. The first-order valence-corrected chi connectivity index (χ1v) is 8.67. The molecule has 3 N–H and O–H groups in total. The Hall–Kier alpha value is -1.11. The molecular weight excluding hydrogens is 288 g/mol. The highest BCUT2D eigenvalue weighted by molar-refractivity contribution is 7.89. The van der Waals surface area contributed by atoms with Crippen LogP contribution in [-0.4, -0.2) is 36.5 Å². The number of hydrogen-bond acceptors (Lipinski definition) is 4. The third kappa shape index (κ3) is 3.39.